The molecule has 0 radical (unpaired) electrons. The Morgan fingerprint density at radius 3 is 2.61 bits per heavy atom. The molecule has 0 atom stereocenters. The normalized spacial score (nSPS) is 10.4. The van der Waals surface area contributed by atoms with Gasteiger partial charge in [0.15, 0.2) is 0 Å². The SMILES string of the molecule is COc1nc(C)ccc1-c1cc(C)c(=O)n(C)n1. The molecule has 2 heterocycles. The van der Waals surface area contributed by atoms with Crippen molar-refractivity contribution in [3.05, 3.63) is 39.8 Å². The van der Waals surface area contributed by atoms with Gasteiger partial charge in [-0.1, -0.05) is 0 Å². The van der Waals surface area contributed by atoms with Gasteiger partial charge in [-0.2, -0.15) is 5.10 Å². The molecule has 0 saturated carbocycles. The number of rotatable bonds is 2. The van der Waals surface area contributed by atoms with Crippen LogP contribution in [0.3, 0.4) is 0 Å². The highest BCUT2D eigenvalue weighted by Gasteiger charge is 2.11. The van der Waals surface area contributed by atoms with Crippen molar-refractivity contribution in [3.8, 4) is 17.1 Å². The number of hydrogen-bond donors (Lipinski definition) is 0. The van der Waals surface area contributed by atoms with Crippen molar-refractivity contribution in [3.63, 3.8) is 0 Å². The third kappa shape index (κ3) is 2.11. The van der Waals surface area contributed by atoms with Gasteiger partial charge in [-0.15, -0.1) is 0 Å². The van der Waals surface area contributed by atoms with E-state index in [1.165, 1.54) is 4.68 Å². The number of ether oxygens (including phenoxy) is 1. The van der Waals surface area contributed by atoms with Crippen molar-refractivity contribution in [2.24, 2.45) is 7.05 Å². The summed E-state index contributed by atoms with van der Waals surface area (Å²) >= 11 is 0. The predicted molar refractivity (Wildman–Crippen MR) is 68.7 cm³/mol. The Morgan fingerprint density at radius 2 is 2.00 bits per heavy atom. The maximum Gasteiger partial charge on any atom is 0.269 e. The minimum Gasteiger partial charge on any atom is -0.480 e. The van der Waals surface area contributed by atoms with E-state index in [2.05, 4.69) is 10.1 Å². The van der Waals surface area contributed by atoms with Gasteiger partial charge in [-0.05, 0) is 32.0 Å². The summed E-state index contributed by atoms with van der Waals surface area (Å²) < 4.78 is 6.58. The van der Waals surface area contributed by atoms with Crippen LogP contribution in [0.2, 0.25) is 0 Å². The fraction of sp³-hybridized carbons (Fsp3) is 0.308. The highest BCUT2D eigenvalue weighted by atomic mass is 16.5. The molecule has 0 aliphatic rings. The van der Waals surface area contributed by atoms with Crippen molar-refractivity contribution >= 4 is 0 Å². The lowest BCUT2D eigenvalue weighted by molar-refractivity contribution is 0.398. The highest BCUT2D eigenvalue weighted by Crippen LogP contribution is 2.26. The second kappa shape index (κ2) is 4.60. The molecule has 0 N–H and O–H groups in total. The molecule has 0 aromatic carbocycles. The number of aryl methyl sites for hydroxylation is 3. The molecule has 5 heteroatoms. The largest absolute Gasteiger partial charge is 0.480 e. The van der Waals surface area contributed by atoms with Gasteiger partial charge < -0.3 is 4.74 Å². The molecule has 18 heavy (non-hydrogen) atoms. The van der Waals surface area contributed by atoms with Crippen LogP contribution in [-0.4, -0.2) is 21.9 Å². The van der Waals surface area contributed by atoms with E-state index < -0.39 is 0 Å². The van der Waals surface area contributed by atoms with Crippen molar-refractivity contribution in [2.45, 2.75) is 13.8 Å². The molecule has 0 unspecified atom stereocenters. The van der Waals surface area contributed by atoms with Crippen LogP contribution in [0.5, 0.6) is 5.88 Å². The summed E-state index contributed by atoms with van der Waals surface area (Å²) in [6.45, 7) is 3.66. The standard InChI is InChI=1S/C13H15N3O2/c1-8-7-11(15-16(3)13(8)17)10-6-5-9(2)14-12(10)18-4/h5-7H,1-4H3. The minimum absolute atomic E-state index is 0.0993. The van der Waals surface area contributed by atoms with Gasteiger partial charge in [0.2, 0.25) is 5.88 Å². The zero-order valence-electron chi connectivity index (χ0n) is 10.9. The number of nitrogens with zero attached hydrogens (tertiary/aromatic N) is 3. The highest BCUT2D eigenvalue weighted by molar-refractivity contribution is 5.65. The molecule has 0 saturated heterocycles. The van der Waals surface area contributed by atoms with Crippen LogP contribution in [0.25, 0.3) is 11.3 Å². The molecular formula is C13H15N3O2. The van der Waals surface area contributed by atoms with E-state index in [4.69, 9.17) is 4.74 Å². The van der Waals surface area contributed by atoms with Gasteiger partial charge in [-0.3, -0.25) is 4.79 Å². The van der Waals surface area contributed by atoms with Gasteiger partial charge in [0.05, 0.1) is 18.4 Å². The molecular weight excluding hydrogens is 230 g/mol. The Bertz CT molecular complexity index is 621. The molecule has 2 aromatic rings. The van der Waals surface area contributed by atoms with Gasteiger partial charge in [-0.25, -0.2) is 9.67 Å². The smallest absolute Gasteiger partial charge is 0.269 e. The summed E-state index contributed by atoms with van der Waals surface area (Å²) in [5.74, 6) is 0.514. The summed E-state index contributed by atoms with van der Waals surface area (Å²) in [7, 11) is 3.20. The van der Waals surface area contributed by atoms with Crippen LogP contribution < -0.4 is 10.3 Å². The van der Waals surface area contributed by atoms with Gasteiger partial charge >= 0.3 is 0 Å². The summed E-state index contributed by atoms with van der Waals surface area (Å²) in [6, 6.07) is 5.53. The third-order valence-corrected chi connectivity index (χ3v) is 2.71. The Kier molecular flexibility index (Phi) is 3.14. The molecule has 0 aliphatic carbocycles. The van der Waals surface area contributed by atoms with Crippen molar-refractivity contribution in [1.82, 2.24) is 14.8 Å². The number of hydrogen-bond acceptors (Lipinski definition) is 4. The molecule has 2 aromatic heterocycles. The van der Waals surface area contributed by atoms with E-state index in [9.17, 15) is 4.79 Å². The average molecular weight is 245 g/mol. The molecule has 0 fully saturated rings. The first-order valence-electron chi connectivity index (χ1n) is 5.60. The summed E-state index contributed by atoms with van der Waals surface area (Å²) in [4.78, 5) is 15.9. The quantitative estimate of drug-likeness (QED) is 0.804. The van der Waals surface area contributed by atoms with E-state index >= 15 is 0 Å². The van der Waals surface area contributed by atoms with Crippen molar-refractivity contribution < 1.29 is 4.74 Å². The van der Waals surface area contributed by atoms with Crippen molar-refractivity contribution in [1.29, 1.82) is 0 Å². The predicted octanol–water partition coefficient (Wildman–Crippen LogP) is 1.47. The number of methoxy groups -OCH3 is 1. The van der Waals surface area contributed by atoms with Gasteiger partial charge in [0, 0.05) is 18.3 Å². The average Bonchev–Trinajstić information content (AvgIpc) is 2.35. The van der Waals surface area contributed by atoms with Crippen LogP contribution in [-0.2, 0) is 7.05 Å². The van der Waals surface area contributed by atoms with Crippen LogP contribution in [0, 0.1) is 13.8 Å². The molecule has 0 spiro atoms. The Labute approximate surface area is 105 Å². The Hall–Kier alpha value is -2.17. The molecule has 94 valence electrons. The van der Waals surface area contributed by atoms with Gasteiger partial charge in [0.25, 0.3) is 5.56 Å². The van der Waals surface area contributed by atoms with E-state index in [-0.39, 0.29) is 5.56 Å². The lowest BCUT2D eigenvalue weighted by Gasteiger charge is -2.09. The fourth-order valence-corrected chi connectivity index (χ4v) is 1.77. The van der Waals surface area contributed by atoms with Gasteiger partial charge in [0.1, 0.15) is 0 Å². The Balaban J connectivity index is 2.65. The summed E-state index contributed by atoms with van der Waals surface area (Å²) in [5, 5.41) is 4.23. The second-order valence-corrected chi connectivity index (χ2v) is 4.15. The topological polar surface area (TPSA) is 57.0 Å². The monoisotopic (exact) mass is 245 g/mol. The fourth-order valence-electron chi connectivity index (χ4n) is 1.77. The van der Waals surface area contributed by atoms with E-state index in [0.29, 0.717) is 17.1 Å². The lowest BCUT2D eigenvalue weighted by Crippen LogP contribution is -2.22. The molecule has 0 amide bonds. The first kappa shape index (κ1) is 12.3. The molecule has 0 bridgehead atoms. The van der Waals surface area contributed by atoms with E-state index in [1.807, 2.05) is 19.1 Å². The van der Waals surface area contributed by atoms with Crippen molar-refractivity contribution in [2.75, 3.05) is 7.11 Å². The van der Waals surface area contributed by atoms with Crippen LogP contribution in [0.4, 0.5) is 0 Å². The molecule has 0 aliphatic heterocycles. The lowest BCUT2D eigenvalue weighted by atomic mass is 10.1. The Morgan fingerprint density at radius 1 is 1.28 bits per heavy atom. The van der Waals surface area contributed by atoms with Crippen LogP contribution >= 0.6 is 0 Å². The minimum atomic E-state index is -0.0993. The van der Waals surface area contributed by atoms with Crippen LogP contribution in [0.1, 0.15) is 11.3 Å². The summed E-state index contributed by atoms with van der Waals surface area (Å²) in [5.41, 5.74) is 2.88. The maximum atomic E-state index is 11.6. The first-order valence-corrected chi connectivity index (χ1v) is 5.60. The zero-order chi connectivity index (χ0) is 13.3. The summed E-state index contributed by atoms with van der Waals surface area (Å²) in [6.07, 6.45) is 0. The first-order chi connectivity index (χ1) is 8.52. The number of aromatic nitrogens is 3. The van der Waals surface area contributed by atoms with E-state index in [1.54, 1.807) is 27.1 Å². The molecule has 2 rings (SSSR count). The van der Waals surface area contributed by atoms with Crippen LogP contribution in [0.15, 0.2) is 23.0 Å². The molecule has 5 nitrogen and oxygen atoms in total. The second-order valence-electron chi connectivity index (χ2n) is 4.15. The number of pyridine rings is 1. The maximum absolute atomic E-state index is 11.6. The third-order valence-electron chi connectivity index (χ3n) is 2.71. The zero-order valence-corrected chi connectivity index (χ0v) is 10.9. The van der Waals surface area contributed by atoms with E-state index in [0.717, 1.165) is 11.3 Å².